The van der Waals surface area contributed by atoms with Gasteiger partial charge in [-0.15, -0.1) is 0 Å². The van der Waals surface area contributed by atoms with Crippen LogP contribution in [0.2, 0.25) is 0 Å². The first-order chi connectivity index (χ1) is 8.17. The Labute approximate surface area is 109 Å². The van der Waals surface area contributed by atoms with E-state index in [2.05, 4.69) is 0 Å². The lowest BCUT2D eigenvalue weighted by Crippen LogP contribution is -2.34. The van der Waals surface area contributed by atoms with E-state index in [0.717, 1.165) is 28.0 Å². The quantitative estimate of drug-likeness (QED) is 0.835. The highest BCUT2D eigenvalue weighted by Gasteiger charge is 2.21. The minimum Gasteiger partial charge on any atom is -0.496 e. The van der Waals surface area contributed by atoms with Crippen LogP contribution < -0.4 is 10.5 Å². The summed E-state index contributed by atoms with van der Waals surface area (Å²) in [6.07, 6.45) is 0.346. The van der Waals surface area contributed by atoms with Gasteiger partial charge >= 0.3 is 0 Å². The summed E-state index contributed by atoms with van der Waals surface area (Å²) < 4.78 is 5.36. The third-order valence-corrected chi connectivity index (χ3v) is 3.15. The van der Waals surface area contributed by atoms with Gasteiger partial charge in [-0.1, -0.05) is 0 Å². The smallest absolute Gasteiger partial charge is 0.164 e. The zero-order chi connectivity index (χ0) is 14.1. The van der Waals surface area contributed by atoms with E-state index in [1.807, 2.05) is 40.7 Å². The number of benzene rings is 1. The highest BCUT2D eigenvalue weighted by molar-refractivity contribution is 5.98. The minimum absolute atomic E-state index is 0.0915. The third-order valence-electron chi connectivity index (χ3n) is 3.15. The molecule has 0 aliphatic carbocycles. The molecule has 0 aliphatic rings. The number of ketones is 1. The number of ether oxygens (including phenoxy) is 1. The van der Waals surface area contributed by atoms with Gasteiger partial charge in [0.2, 0.25) is 0 Å². The molecule has 3 heteroatoms. The van der Waals surface area contributed by atoms with E-state index in [0.29, 0.717) is 6.42 Å². The van der Waals surface area contributed by atoms with Crippen molar-refractivity contribution in [2.45, 2.75) is 46.6 Å². The first kappa shape index (κ1) is 14.7. The predicted molar refractivity (Wildman–Crippen MR) is 74.4 cm³/mol. The third kappa shape index (κ3) is 3.10. The Hall–Kier alpha value is -1.35. The molecule has 0 aliphatic heterocycles. The van der Waals surface area contributed by atoms with Crippen LogP contribution in [0.5, 0.6) is 5.75 Å². The molecule has 0 unspecified atom stereocenters. The Morgan fingerprint density at radius 1 is 1.28 bits per heavy atom. The largest absolute Gasteiger partial charge is 0.496 e. The standard InChI is InChI=1S/C15H23NO2/c1-9-7-12(13(17)8-15(4,5)16)10(2)11(3)14(9)18-6/h7H,8,16H2,1-6H3. The number of methoxy groups -OCH3 is 1. The van der Waals surface area contributed by atoms with Crippen molar-refractivity contribution in [3.05, 3.63) is 28.3 Å². The zero-order valence-corrected chi connectivity index (χ0v) is 12.2. The van der Waals surface area contributed by atoms with Crippen LogP contribution in [0.15, 0.2) is 6.07 Å². The number of hydrogen-bond acceptors (Lipinski definition) is 3. The maximum atomic E-state index is 12.3. The molecule has 100 valence electrons. The lowest BCUT2D eigenvalue weighted by atomic mass is 9.90. The molecule has 0 aromatic heterocycles. The molecule has 2 N–H and O–H groups in total. The molecule has 1 aromatic rings. The van der Waals surface area contributed by atoms with E-state index in [4.69, 9.17) is 10.5 Å². The number of carbonyl (C=O) groups is 1. The van der Waals surface area contributed by atoms with Crippen LogP contribution in [0.25, 0.3) is 0 Å². The van der Waals surface area contributed by atoms with E-state index in [-0.39, 0.29) is 5.78 Å². The molecule has 0 atom stereocenters. The first-order valence-electron chi connectivity index (χ1n) is 6.14. The van der Waals surface area contributed by atoms with Gasteiger partial charge in [0.05, 0.1) is 7.11 Å². The second kappa shape index (κ2) is 5.11. The first-order valence-corrected chi connectivity index (χ1v) is 6.14. The van der Waals surface area contributed by atoms with Crippen molar-refractivity contribution < 1.29 is 9.53 Å². The molecule has 0 radical (unpaired) electrons. The van der Waals surface area contributed by atoms with Crippen LogP contribution in [0.1, 0.15) is 47.3 Å². The summed E-state index contributed by atoms with van der Waals surface area (Å²) in [5.74, 6) is 0.949. The number of nitrogens with two attached hydrogens (primary N) is 1. The van der Waals surface area contributed by atoms with Gasteiger partial charge in [0.1, 0.15) is 5.75 Å². The van der Waals surface area contributed by atoms with Crippen LogP contribution in [-0.4, -0.2) is 18.4 Å². The van der Waals surface area contributed by atoms with Crippen molar-refractivity contribution in [1.29, 1.82) is 0 Å². The number of rotatable bonds is 4. The number of Topliss-reactive ketones (excluding diaryl/α,β-unsaturated/α-hetero) is 1. The van der Waals surface area contributed by atoms with Gasteiger partial charge in [-0.3, -0.25) is 4.79 Å². The van der Waals surface area contributed by atoms with Crippen LogP contribution in [0.4, 0.5) is 0 Å². The maximum absolute atomic E-state index is 12.3. The second-order valence-electron chi connectivity index (χ2n) is 5.61. The summed E-state index contributed by atoms with van der Waals surface area (Å²) in [6.45, 7) is 9.61. The molecular formula is C15H23NO2. The summed E-state index contributed by atoms with van der Waals surface area (Å²) in [4.78, 5) is 12.3. The number of carbonyl (C=O) groups excluding carboxylic acids is 1. The molecule has 0 saturated carbocycles. The fraction of sp³-hybridized carbons (Fsp3) is 0.533. The van der Waals surface area contributed by atoms with Crippen LogP contribution in [0.3, 0.4) is 0 Å². The number of hydrogen-bond donors (Lipinski definition) is 1. The van der Waals surface area contributed by atoms with E-state index >= 15 is 0 Å². The second-order valence-corrected chi connectivity index (χ2v) is 5.61. The average Bonchev–Trinajstić information content (AvgIpc) is 2.21. The van der Waals surface area contributed by atoms with Crippen molar-refractivity contribution >= 4 is 5.78 Å². The Kier molecular flexibility index (Phi) is 4.17. The molecule has 0 fully saturated rings. The summed E-state index contributed by atoms with van der Waals surface area (Å²) in [5.41, 5.74) is 9.17. The minimum atomic E-state index is -0.481. The van der Waals surface area contributed by atoms with Crippen molar-refractivity contribution in [2.75, 3.05) is 7.11 Å². The van der Waals surface area contributed by atoms with E-state index in [1.165, 1.54) is 0 Å². The molecule has 0 saturated heterocycles. The Balaban J connectivity index is 3.23. The molecule has 18 heavy (non-hydrogen) atoms. The average molecular weight is 249 g/mol. The lowest BCUT2D eigenvalue weighted by molar-refractivity contribution is 0.0959. The molecule has 0 spiro atoms. The molecule has 0 bridgehead atoms. The molecular weight excluding hydrogens is 226 g/mol. The van der Waals surface area contributed by atoms with Crippen molar-refractivity contribution in [1.82, 2.24) is 0 Å². The summed E-state index contributed by atoms with van der Waals surface area (Å²) >= 11 is 0. The van der Waals surface area contributed by atoms with E-state index in [1.54, 1.807) is 7.11 Å². The topological polar surface area (TPSA) is 52.3 Å². The predicted octanol–water partition coefficient (Wildman–Crippen LogP) is 2.93. The van der Waals surface area contributed by atoms with Crippen LogP contribution in [-0.2, 0) is 0 Å². The Morgan fingerprint density at radius 2 is 1.83 bits per heavy atom. The normalized spacial score (nSPS) is 11.5. The molecule has 3 nitrogen and oxygen atoms in total. The van der Waals surface area contributed by atoms with E-state index < -0.39 is 5.54 Å². The van der Waals surface area contributed by atoms with Gasteiger partial charge in [-0.2, -0.15) is 0 Å². The lowest BCUT2D eigenvalue weighted by Gasteiger charge is -2.20. The van der Waals surface area contributed by atoms with Crippen LogP contribution in [0, 0.1) is 20.8 Å². The molecule has 1 rings (SSSR count). The van der Waals surface area contributed by atoms with Gasteiger partial charge < -0.3 is 10.5 Å². The van der Waals surface area contributed by atoms with Crippen molar-refractivity contribution in [3.63, 3.8) is 0 Å². The summed E-state index contributed by atoms with van der Waals surface area (Å²) in [5, 5.41) is 0. The molecule has 0 amide bonds. The fourth-order valence-corrected chi connectivity index (χ4v) is 2.17. The summed E-state index contributed by atoms with van der Waals surface area (Å²) in [6, 6.07) is 1.90. The highest BCUT2D eigenvalue weighted by atomic mass is 16.5. The highest BCUT2D eigenvalue weighted by Crippen LogP contribution is 2.29. The Bertz CT molecular complexity index is 470. The van der Waals surface area contributed by atoms with E-state index in [9.17, 15) is 4.79 Å². The fourth-order valence-electron chi connectivity index (χ4n) is 2.17. The summed E-state index contributed by atoms with van der Waals surface area (Å²) in [7, 11) is 1.65. The van der Waals surface area contributed by atoms with Gasteiger partial charge in [0.25, 0.3) is 0 Å². The monoisotopic (exact) mass is 249 g/mol. The van der Waals surface area contributed by atoms with Gasteiger partial charge in [0.15, 0.2) is 5.78 Å². The van der Waals surface area contributed by atoms with Crippen LogP contribution >= 0.6 is 0 Å². The van der Waals surface area contributed by atoms with Gasteiger partial charge in [-0.25, -0.2) is 0 Å². The zero-order valence-electron chi connectivity index (χ0n) is 12.2. The van der Waals surface area contributed by atoms with Crippen molar-refractivity contribution in [3.8, 4) is 5.75 Å². The van der Waals surface area contributed by atoms with Gasteiger partial charge in [-0.05, 0) is 57.4 Å². The maximum Gasteiger partial charge on any atom is 0.164 e. The SMILES string of the molecule is COc1c(C)cc(C(=O)CC(C)(C)N)c(C)c1C. The molecule has 1 aromatic carbocycles. The Morgan fingerprint density at radius 3 is 2.28 bits per heavy atom. The molecule has 0 heterocycles. The van der Waals surface area contributed by atoms with Crippen molar-refractivity contribution in [2.24, 2.45) is 5.73 Å². The number of aryl methyl sites for hydroxylation is 1. The van der Waals surface area contributed by atoms with Gasteiger partial charge in [0, 0.05) is 17.5 Å².